The lowest BCUT2D eigenvalue weighted by Gasteiger charge is -2.34. The Labute approximate surface area is 153 Å². The summed E-state index contributed by atoms with van der Waals surface area (Å²) in [4.78, 5) is 11.4. The van der Waals surface area contributed by atoms with Gasteiger partial charge in [-0.3, -0.25) is 0 Å². The van der Waals surface area contributed by atoms with Crippen molar-refractivity contribution in [3.63, 3.8) is 0 Å². The van der Waals surface area contributed by atoms with Gasteiger partial charge in [-0.25, -0.2) is 9.97 Å². The highest BCUT2D eigenvalue weighted by Gasteiger charge is 2.27. The molecular weight excluding hydrogens is 330 g/mol. The zero-order valence-electron chi connectivity index (χ0n) is 15.3. The first-order chi connectivity index (χ1) is 12.6. The van der Waals surface area contributed by atoms with Gasteiger partial charge in [0.1, 0.15) is 17.7 Å². The van der Waals surface area contributed by atoms with Crippen LogP contribution in [0.4, 0.5) is 5.82 Å². The second-order valence-corrected chi connectivity index (χ2v) is 7.06. The van der Waals surface area contributed by atoms with Gasteiger partial charge in [-0.05, 0) is 37.5 Å². The smallest absolute Gasteiger partial charge is 0.213 e. The minimum Gasteiger partial charge on any atom is -0.489 e. The Morgan fingerprint density at radius 3 is 2.69 bits per heavy atom. The van der Waals surface area contributed by atoms with E-state index in [1.165, 1.54) is 0 Å². The Bertz CT molecular complexity index is 771. The molecule has 0 radical (unpaired) electrons. The summed E-state index contributed by atoms with van der Waals surface area (Å²) in [5, 5.41) is 10.0. The first-order valence-electron chi connectivity index (χ1n) is 9.24. The van der Waals surface area contributed by atoms with Gasteiger partial charge in [0.15, 0.2) is 0 Å². The second kappa shape index (κ2) is 7.11. The fraction of sp³-hybridized carbons (Fsp3) is 0.500. The Morgan fingerprint density at radius 1 is 1.19 bits per heavy atom. The van der Waals surface area contributed by atoms with E-state index in [-0.39, 0.29) is 12.2 Å². The van der Waals surface area contributed by atoms with Crippen LogP contribution < -0.4 is 14.4 Å². The van der Waals surface area contributed by atoms with Crippen LogP contribution in [0.15, 0.2) is 24.4 Å². The van der Waals surface area contributed by atoms with Crippen molar-refractivity contribution in [1.29, 1.82) is 0 Å². The third kappa shape index (κ3) is 3.33. The molecule has 1 saturated heterocycles. The maximum Gasteiger partial charge on any atom is 0.213 e. The number of fused-ring (bicyclic) bond motifs is 1. The molecule has 1 aliphatic heterocycles. The van der Waals surface area contributed by atoms with E-state index in [1.807, 2.05) is 12.1 Å². The lowest BCUT2D eigenvalue weighted by Crippen LogP contribution is -2.39. The molecule has 1 atom stereocenters. The summed E-state index contributed by atoms with van der Waals surface area (Å²) < 4.78 is 11.1. The van der Waals surface area contributed by atoms with Crippen molar-refractivity contribution >= 4 is 5.82 Å². The molecule has 6 nitrogen and oxygen atoms in total. The van der Waals surface area contributed by atoms with Crippen LogP contribution in [0.3, 0.4) is 0 Å². The molecule has 1 aliphatic carbocycles. The maximum atomic E-state index is 10.0. The highest BCUT2D eigenvalue weighted by atomic mass is 16.5. The summed E-state index contributed by atoms with van der Waals surface area (Å²) >= 11 is 0. The predicted octanol–water partition coefficient (Wildman–Crippen LogP) is 2.82. The lowest BCUT2D eigenvalue weighted by molar-refractivity contribution is 0.169. The van der Waals surface area contributed by atoms with Gasteiger partial charge in [0, 0.05) is 43.3 Å². The Hall–Kier alpha value is -2.34. The number of ether oxygens (including phenoxy) is 2. The molecule has 0 spiro atoms. The average Bonchev–Trinajstić information content (AvgIpc) is 3.02. The highest BCUT2D eigenvalue weighted by molar-refractivity contribution is 5.51. The number of rotatable bonds is 4. The van der Waals surface area contributed by atoms with Crippen molar-refractivity contribution in [2.45, 2.75) is 44.8 Å². The van der Waals surface area contributed by atoms with Gasteiger partial charge in [-0.1, -0.05) is 0 Å². The van der Waals surface area contributed by atoms with Crippen LogP contribution in [0.5, 0.6) is 11.6 Å². The summed E-state index contributed by atoms with van der Waals surface area (Å²) in [6.07, 6.45) is 5.12. The minimum atomic E-state index is -0.345. The molecule has 1 N–H and O–H groups in total. The molecule has 4 rings (SSSR count). The van der Waals surface area contributed by atoms with Gasteiger partial charge in [0.05, 0.1) is 19.4 Å². The molecule has 3 heterocycles. The van der Waals surface area contributed by atoms with Gasteiger partial charge in [-0.15, -0.1) is 0 Å². The van der Waals surface area contributed by atoms with E-state index >= 15 is 0 Å². The lowest BCUT2D eigenvalue weighted by atomic mass is 10.1. The molecule has 0 aromatic carbocycles. The summed E-state index contributed by atoms with van der Waals surface area (Å²) in [7, 11) is 1.61. The number of pyridine rings is 2. The van der Waals surface area contributed by atoms with E-state index in [0.717, 1.165) is 67.2 Å². The van der Waals surface area contributed by atoms with E-state index in [2.05, 4.69) is 22.9 Å². The van der Waals surface area contributed by atoms with Gasteiger partial charge in [0.25, 0.3) is 0 Å². The van der Waals surface area contributed by atoms with Crippen LogP contribution in [0.25, 0.3) is 0 Å². The maximum absolute atomic E-state index is 10.0. The Kier molecular flexibility index (Phi) is 4.68. The van der Waals surface area contributed by atoms with Gasteiger partial charge < -0.3 is 19.5 Å². The van der Waals surface area contributed by atoms with Crippen LogP contribution in [0.2, 0.25) is 0 Å². The topological polar surface area (TPSA) is 67.7 Å². The van der Waals surface area contributed by atoms with Crippen LogP contribution >= 0.6 is 0 Å². The van der Waals surface area contributed by atoms with Crippen LogP contribution in [-0.4, -0.2) is 41.4 Å². The first kappa shape index (κ1) is 17.1. The number of methoxy groups -OCH3 is 1. The van der Waals surface area contributed by atoms with Crippen LogP contribution in [0, 0.1) is 6.92 Å². The number of aromatic nitrogens is 2. The minimum absolute atomic E-state index is 0.193. The number of aliphatic hydroxyl groups excluding tert-OH is 1. The normalized spacial score (nSPS) is 20.1. The molecule has 2 aromatic heterocycles. The largest absolute Gasteiger partial charge is 0.489 e. The van der Waals surface area contributed by atoms with Crippen molar-refractivity contribution in [3.05, 3.63) is 41.2 Å². The quantitative estimate of drug-likeness (QED) is 0.910. The molecule has 26 heavy (non-hydrogen) atoms. The number of hydrogen-bond donors (Lipinski definition) is 1. The number of piperidine rings is 1. The fourth-order valence-corrected chi connectivity index (χ4v) is 3.83. The fourth-order valence-electron chi connectivity index (χ4n) is 3.83. The molecule has 0 bridgehead atoms. The second-order valence-electron chi connectivity index (χ2n) is 7.06. The molecule has 2 aromatic rings. The Balaban J connectivity index is 1.39. The van der Waals surface area contributed by atoms with E-state index in [9.17, 15) is 5.11 Å². The number of anilines is 1. The van der Waals surface area contributed by atoms with Gasteiger partial charge >= 0.3 is 0 Å². The number of aryl methyl sites for hydroxylation is 2. The zero-order chi connectivity index (χ0) is 18.1. The SMILES string of the molecule is COc1ccc(OC2CCN(c3nc4c(cc3C)[C@H](O)CC4)CC2)cn1. The molecular formula is C20H25N3O3. The molecule has 0 saturated carbocycles. The number of nitrogens with zero attached hydrogens (tertiary/aromatic N) is 3. The number of hydrogen-bond acceptors (Lipinski definition) is 6. The molecule has 0 amide bonds. The third-order valence-electron chi connectivity index (χ3n) is 5.27. The highest BCUT2D eigenvalue weighted by Crippen LogP contribution is 2.34. The van der Waals surface area contributed by atoms with Crippen molar-refractivity contribution in [2.24, 2.45) is 0 Å². The summed E-state index contributed by atoms with van der Waals surface area (Å²) in [6, 6.07) is 5.83. The van der Waals surface area contributed by atoms with Crippen molar-refractivity contribution in [3.8, 4) is 11.6 Å². The van der Waals surface area contributed by atoms with E-state index < -0.39 is 0 Å². The molecule has 1 fully saturated rings. The van der Waals surface area contributed by atoms with Crippen molar-refractivity contribution in [1.82, 2.24) is 9.97 Å². The van der Waals surface area contributed by atoms with E-state index in [1.54, 1.807) is 13.3 Å². The summed E-state index contributed by atoms with van der Waals surface area (Å²) in [5.41, 5.74) is 3.21. The summed E-state index contributed by atoms with van der Waals surface area (Å²) in [5.74, 6) is 2.43. The number of aliphatic hydroxyl groups is 1. The molecule has 0 unspecified atom stereocenters. The standard InChI is InChI=1S/C20H25N3O3/c1-13-11-16-17(4-5-18(16)24)22-20(13)23-9-7-14(8-10-23)26-15-3-6-19(25-2)21-12-15/h3,6,11-12,14,18,24H,4-5,7-10H2,1-2H3/t18-/m1/s1. The molecule has 2 aliphatic rings. The first-order valence-corrected chi connectivity index (χ1v) is 9.24. The van der Waals surface area contributed by atoms with Gasteiger partial charge in [-0.2, -0.15) is 0 Å². The Morgan fingerprint density at radius 2 is 2.00 bits per heavy atom. The van der Waals surface area contributed by atoms with Crippen molar-refractivity contribution < 1.29 is 14.6 Å². The monoisotopic (exact) mass is 355 g/mol. The van der Waals surface area contributed by atoms with E-state index in [4.69, 9.17) is 14.5 Å². The van der Waals surface area contributed by atoms with E-state index in [0.29, 0.717) is 5.88 Å². The summed E-state index contributed by atoms with van der Waals surface area (Å²) in [6.45, 7) is 3.92. The van der Waals surface area contributed by atoms with Crippen LogP contribution in [-0.2, 0) is 6.42 Å². The third-order valence-corrected chi connectivity index (χ3v) is 5.27. The van der Waals surface area contributed by atoms with Crippen LogP contribution in [0.1, 0.15) is 42.2 Å². The molecule has 138 valence electrons. The predicted molar refractivity (Wildman–Crippen MR) is 98.9 cm³/mol. The zero-order valence-corrected chi connectivity index (χ0v) is 15.3. The van der Waals surface area contributed by atoms with Gasteiger partial charge in [0.2, 0.25) is 5.88 Å². The average molecular weight is 355 g/mol. The van der Waals surface area contributed by atoms with Crippen molar-refractivity contribution in [2.75, 3.05) is 25.1 Å². The molecule has 6 heteroatoms.